The number of sulfone groups is 1. The standard InChI is InChI=1S/C17H20FNO3S/c1-11-5-7-14(18)15(9-11)19-12(2)13-6-8-17(23(4,20)21)16(10-13)22-3/h5-10,12,19H,1-4H3/t12-/m0/s1. The average Bonchev–Trinajstić information content (AvgIpc) is 2.49. The zero-order valence-electron chi connectivity index (χ0n) is 13.6. The van der Waals surface area contributed by atoms with Crippen molar-refractivity contribution < 1.29 is 17.5 Å². The van der Waals surface area contributed by atoms with Gasteiger partial charge >= 0.3 is 0 Å². The van der Waals surface area contributed by atoms with Gasteiger partial charge in [0.15, 0.2) is 9.84 Å². The summed E-state index contributed by atoms with van der Waals surface area (Å²) in [5, 5.41) is 3.10. The quantitative estimate of drug-likeness (QED) is 0.903. The molecule has 1 N–H and O–H groups in total. The fraction of sp³-hybridized carbons (Fsp3) is 0.294. The van der Waals surface area contributed by atoms with Crippen LogP contribution < -0.4 is 10.1 Å². The molecule has 4 nitrogen and oxygen atoms in total. The van der Waals surface area contributed by atoms with E-state index in [1.165, 1.54) is 19.2 Å². The number of hydrogen-bond donors (Lipinski definition) is 1. The molecule has 2 rings (SSSR count). The summed E-state index contributed by atoms with van der Waals surface area (Å²) in [5.74, 6) is -0.0504. The van der Waals surface area contributed by atoms with Crippen LogP contribution in [0.1, 0.15) is 24.1 Å². The molecule has 6 heteroatoms. The minimum Gasteiger partial charge on any atom is -0.495 e. The lowest BCUT2D eigenvalue weighted by molar-refractivity contribution is 0.402. The number of nitrogens with one attached hydrogen (secondary N) is 1. The van der Waals surface area contributed by atoms with Crippen molar-refractivity contribution in [1.29, 1.82) is 0 Å². The third-order valence-corrected chi connectivity index (χ3v) is 4.72. The van der Waals surface area contributed by atoms with E-state index in [4.69, 9.17) is 4.74 Å². The molecule has 2 aromatic rings. The van der Waals surface area contributed by atoms with E-state index < -0.39 is 9.84 Å². The van der Waals surface area contributed by atoms with Gasteiger partial charge in [-0.1, -0.05) is 12.1 Å². The highest BCUT2D eigenvalue weighted by Crippen LogP contribution is 2.29. The number of aryl methyl sites for hydroxylation is 1. The van der Waals surface area contributed by atoms with Crippen molar-refractivity contribution in [3.8, 4) is 5.75 Å². The lowest BCUT2D eigenvalue weighted by atomic mass is 10.1. The number of benzene rings is 2. The van der Waals surface area contributed by atoms with Crippen LogP contribution in [0.5, 0.6) is 5.75 Å². The van der Waals surface area contributed by atoms with Crippen molar-refractivity contribution in [3.05, 3.63) is 53.3 Å². The van der Waals surface area contributed by atoms with Crippen LogP contribution in [0.3, 0.4) is 0 Å². The summed E-state index contributed by atoms with van der Waals surface area (Å²) in [5.41, 5.74) is 2.16. The van der Waals surface area contributed by atoms with Gasteiger partial charge in [0.25, 0.3) is 0 Å². The molecule has 0 saturated carbocycles. The molecular formula is C17H20FNO3S. The summed E-state index contributed by atoms with van der Waals surface area (Å²) in [6, 6.07) is 9.50. The van der Waals surface area contributed by atoms with Gasteiger partial charge in [-0.25, -0.2) is 12.8 Å². The van der Waals surface area contributed by atoms with Crippen LogP contribution >= 0.6 is 0 Å². The fourth-order valence-corrected chi connectivity index (χ4v) is 3.15. The molecule has 0 bridgehead atoms. The first kappa shape index (κ1) is 17.3. The van der Waals surface area contributed by atoms with Gasteiger partial charge in [-0.2, -0.15) is 0 Å². The average molecular weight is 337 g/mol. The van der Waals surface area contributed by atoms with Crippen LogP contribution in [0.25, 0.3) is 0 Å². The lowest BCUT2D eigenvalue weighted by Crippen LogP contribution is -2.09. The van der Waals surface area contributed by atoms with E-state index in [-0.39, 0.29) is 22.5 Å². The number of hydrogen-bond acceptors (Lipinski definition) is 4. The first-order valence-corrected chi connectivity index (χ1v) is 9.02. The Bertz CT molecular complexity index is 819. The molecule has 0 aromatic heterocycles. The van der Waals surface area contributed by atoms with Gasteiger partial charge in [0.1, 0.15) is 16.5 Å². The van der Waals surface area contributed by atoms with Crippen LogP contribution in [-0.2, 0) is 9.84 Å². The van der Waals surface area contributed by atoms with Crippen molar-refractivity contribution in [1.82, 2.24) is 0 Å². The molecule has 124 valence electrons. The first-order chi connectivity index (χ1) is 10.7. The highest BCUT2D eigenvalue weighted by Gasteiger charge is 2.17. The zero-order chi connectivity index (χ0) is 17.2. The summed E-state index contributed by atoms with van der Waals surface area (Å²) in [6.45, 7) is 3.76. The molecule has 0 saturated heterocycles. The van der Waals surface area contributed by atoms with Gasteiger partial charge in [-0.3, -0.25) is 0 Å². The molecule has 23 heavy (non-hydrogen) atoms. The summed E-state index contributed by atoms with van der Waals surface area (Å²) in [6.07, 6.45) is 1.13. The lowest BCUT2D eigenvalue weighted by Gasteiger charge is -2.18. The fourth-order valence-electron chi connectivity index (χ4n) is 2.33. The van der Waals surface area contributed by atoms with Gasteiger partial charge in [-0.05, 0) is 49.2 Å². The Labute approximate surface area is 136 Å². The Balaban J connectivity index is 2.33. The molecule has 0 heterocycles. The number of methoxy groups -OCH3 is 1. The predicted molar refractivity (Wildman–Crippen MR) is 89.3 cm³/mol. The molecule has 0 spiro atoms. The Morgan fingerprint density at radius 2 is 1.87 bits per heavy atom. The summed E-state index contributed by atoms with van der Waals surface area (Å²) < 4.78 is 42.5. The number of anilines is 1. The van der Waals surface area contributed by atoms with Crippen LogP contribution in [0.2, 0.25) is 0 Å². The van der Waals surface area contributed by atoms with Gasteiger partial charge in [0.05, 0.1) is 12.8 Å². The molecule has 0 amide bonds. The Hall–Kier alpha value is -2.08. The monoisotopic (exact) mass is 337 g/mol. The minimum atomic E-state index is -3.36. The molecule has 0 unspecified atom stereocenters. The zero-order valence-corrected chi connectivity index (χ0v) is 14.4. The molecular weight excluding hydrogens is 317 g/mol. The second-order valence-corrected chi connectivity index (χ2v) is 7.52. The van der Waals surface area contributed by atoms with Crippen molar-refractivity contribution in [2.24, 2.45) is 0 Å². The van der Waals surface area contributed by atoms with Crippen molar-refractivity contribution in [3.63, 3.8) is 0 Å². The second-order valence-electron chi connectivity index (χ2n) is 5.53. The first-order valence-electron chi connectivity index (χ1n) is 7.13. The maximum atomic E-state index is 13.8. The molecule has 1 atom stereocenters. The molecule has 0 aliphatic carbocycles. The maximum absolute atomic E-state index is 13.8. The maximum Gasteiger partial charge on any atom is 0.179 e. The van der Waals surface area contributed by atoms with E-state index in [1.807, 2.05) is 13.8 Å². The van der Waals surface area contributed by atoms with Crippen molar-refractivity contribution in [2.75, 3.05) is 18.7 Å². The summed E-state index contributed by atoms with van der Waals surface area (Å²) in [4.78, 5) is 0.137. The molecule has 0 aliphatic heterocycles. The Kier molecular flexibility index (Phi) is 4.94. The van der Waals surface area contributed by atoms with E-state index in [2.05, 4.69) is 5.32 Å². The van der Waals surface area contributed by atoms with Crippen LogP contribution in [0.15, 0.2) is 41.3 Å². The number of rotatable bonds is 5. The molecule has 0 fully saturated rings. The Morgan fingerprint density at radius 1 is 1.17 bits per heavy atom. The van der Waals surface area contributed by atoms with Crippen molar-refractivity contribution in [2.45, 2.75) is 24.8 Å². The highest BCUT2D eigenvalue weighted by atomic mass is 32.2. The number of ether oxygens (including phenoxy) is 1. The summed E-state index contributed by atoms with van der Waals surface area (Å²) >= 11 is 0. The molecule has 2 aromatic carbocycles. The van der Waals surface area contributed by atoms with Crippen LogP contribution in [-0.4, -0.2) is 21.8 Å². The third kappa shape index (κ3) is 4.01. The highest BCUT2D eigenvalue weighted by molar-refractivity contribution is 7.90. The Morgan fingerprint density at radius 3 is 2.48 bits per heavy atom. The van der Waals surface area contributed by atoms with Crippen LogP contribution in [0.4, 0.5) is 10.1 Å². The van der Waals surface area contributed by atoms with Crippen LogP contribution in [0, 0.1) is 12.7 Å². The summed E-state index contributed by atoms with van der Waals surface area (Å²) in [7, 11) is -1.94. The van der Waals surface area contributed by atoms with Crippen molar-refractivity contribution >= 4 is 15.5 Å². The van der Waals surface area contributed by atoms with Gasteiger partial charge in [0.2, 0.25) is 0 Å². The topological polar surface area (TPSA) is 55.4 Å². The van der Waals surface area contributed by atoms with Gasteiger partial charge < -0.3 is 10.1 Å². The van der Waals surface area contributed by atoms with E-state index in [1.54, 1.807) is 24.3 Å². The largest absolute Gasteiger partial charge is 0.495 e. The SMILES string of the molecule is COc1cc([C@H](C)Nc2cc(C)ccc2F)ccc1S(C)(=O)=O. The van der Waals surface area contributed by atoms with E-state index >= 15 is 0 Å². The molecule has 0 radical (unpaired) electrons. The normalized spacial score (nSPS) is 12.7. The predicted octanol–water partition coefficient (Wildman–Crippen LogP) is 3.72. The van der Waals surface area contributed by atoms with Gasteiger partial charge in [0, 0.05) is 12.3 Å². The van der Waals surface area contributed by atoms with E-state index in [0.29, 0.717) is 5.69 Å². The minimum absolute atomic E-state index is 0.137. The third-order valence-electron chi connectivity index (χ3n) is 3.58. The second kappa shape index (κ2) is 6.58. The van der Waals surface area contributed by atoms with E-state index in [0.717, 1.165) is 17.4 Å². The van der Waals surface area contributed by atoms with Gasteiger partial charge in [-0.15, -0.1) is 0 Å². The molecule has 0 aliphatic rings. The smallest absolute Gasteiger partial charge is 0.179 e. The number of halogens is 1. The van der Waals surface area contributed by atoms with E-state index in [9.17, 15) is 12.8 Å².